The summed E-state index contributed by atoms with van der Waals surface area (Å²) >= 11 is 0. The fraction of sp³-hybridized carbons (Fsp3) is 0.600. The topological polar surface area (TPSA) is 35.2 Å². The molecule has 20 heavy (non-hydrogen) atoms. The monoisotopic (exact) mass is 287 g/mol. The van der Waals surface area contributed by atoms with Gasteiger partial charge in [0.2, 0.25) is 0 Å². The molecular weight excluding hydrogens is 267 g/mol. The zero-order valence-electron chi connectivity index (χ0n) is 11.7. The number of rotatable bonds is 2. The van der Waals surface area contributed by atoms with E-state index in [2.05, 4.69) is 13.8 Å². The largest absolute Gasteiger partial charge is 0.490 e. The molecule has 0 amide bonds. The van der Waals surface area contributed by atoms with E-state index in [1.54, 1.807) is 0 Å². The third kappa shape index (κ3) is 3.38. The van der Waals surface area contributed by atoms with Crippen LogP contribution < -0.4 is 10.5 Å². The van der Waals surface area contributed by atoms with Crippen molar-refractivity contribution in [2.45, 2.75) is 45.4 Å². The van der Waals surface area contributed by atoms with Gasteiger partial charge in [0.15, 0.2) is 0 Å². The number of benzene rings is 1. The predicted octanol–water partition coefficient (Wildman–Crippen LogP) is 4.49. The molecule has 0 saturated heterocycles. The SMILES string of the molecule is CC1CCC(Oc2ccc(N)c(C(F)(F)F)c2)CC1C. The Morgan fingerprint density at radius 1 is 1.15 bits per heavy atom. The van der Waals surface area contributed by atoms with E-state index < -0.39 is 11.7 Å². The van der Waals surface area contributed by atoms with Crippen molar-refractivity contribution in [2.75, 3.05) is 5.73 Å². The van der Waals surface area contributed by atoms with Gasteiger partial charge in [-0.1, -0.05) is 13.8 Å². The van der Waals surface area contributed by atoms with Gasteiger partial charge in [0, 0.05) is 5.69 Å². The minimum Gasteiger partial charge on any atom is -0.490 e. The van der Waals surface area contributed by atoms with Crippen LogP contribution >= 0.6 is 0 Å². The first-order valence-electron chi connectivity index (χ1n) is 6.90. The van der Waals surface area contributed by atoms with E-state index in [4.69, 9.17) is 10.5 Å². The Morgan fingerprint density at radius 3 is 2.45 bits per heavy atom. The second-order valence-electron chi connectivity index (χ2n) is 5.75. The summed E-state index contributed by atoms with van der Waals surface area (Å²) in [5.74, 6) is 1.43. The average Bonchev–Trinajstić information content (AvgIpc) is 2.35. The van der Waals surface area contributed by atoms with Crippen LogP contribution in [0.5, 0.6) is 5.75 Å². The Bertz CT molecular complexity index is 473. The van der Waals surface area contributed by atoms with Crippen LogP contribution in [-0.4, -0.2) is 6.10 Å². The lowest BCUT2D eigenvalue weighted by Crippen LogP contribution is -2.28. The number of alkyl halides is 3. The number of nitrogens with two attached hydrogens (primary N) is 1. The Labute approximate surface area is 117 Å². The van der Waals surface area contributed by atoms with E-state index in [-0.39, 0.29) is 17.5 Å². The first-order valence-corrected chi connectivity index (χ1v) is 6.90. The molecule has 2 N–H and O–H groups in total. The zero-order valence-corrected chi connectivity index (χ0v) is 11.7. The highest BCUT2D eigenvalue weighted by molar-refractivity contribution is 5.52. The van der Waals surface area contributed by atoms with Gasteiger partial charge in [-0.2, -0.15) is 13.2 Å². The maximum Gasteiger partial charge on any atom is 0.418 e. The summed E-state index contributed by atoms with van der Waals surface area (Å²) in [6, 6.07) is 3.76. The second kappa shape index (κ2) is 5.54. The van der Waals surface area contributed by atoms with E-state index in [1.807, 2.05) is 0 Å². The molecule has 0 spiro atoms. The van der Waals surface area contributed by atoms with E-state index in [9.17, 15) is 13.2 Å². The third-order valence-corrected chi connectivity index (χ3v) is 4.18. The summed E-state index contributed by atoms with van der Waals surface area (Å²) in [6.45, 7) is 4.36. The quantitative estimate of drug-likeness (QED) is 0.813. The van der Waals surface area contributed by atoms with Gasteiger partial charge in [0.05, 0.1) is 11.7 Å². The Morgan fingerprint density at radius 2 is 1.85 bits per heavy atom. The molecule has 0 bridgehead atoms. The van der Waals surface area contributed by atoms with E-state index in [0.29, 0.717) is 11.8 Å². The van der Waals surface area contributed by atoms with Crippen molar-refractivity contribution in [3.8, 4) is 5.75 Å². The molecule has 1 saturated carbocycles. The van der Waals surface area contributed by atoms with E-state index in [1.165, 1.54) is 12.1 Å². The van der Waals surface area contributed by atoms with Crippen LogP contribution in [0.25, 0.3) is 0 Å². The highest BCUT2D eigenvalue weighted by Gasteiger charge is 2.34. The molecule has 1 aromatic carbocycles. The first-order chi connectivity index (χ1) is 9.27. The number of anilines is 1. The van der Waals surface area contributed by atoms with Crippen molar-refractivity contribution in [3.05, 3.63) is 23.8 Å². The van der Waals surface area contributed by atoms with Crippen LogP contribution in [0.3, 0.4) is 0 Å². The summed E-state index contributed by atoms with van der Waals surface area (Å²) in [4.78, 5) is 0. The Hall–Kier alpha value is -1.39. The van der Waals surface area contributed by atoms with Crippen LogP contribution in [0.1, 0.15) is 38.7 Å². The number of hydrogen-bond donors (Lipinski definition) is 1. The van der Waals surface area contributed by atoms with Gasteiger partial charge >= 0.3 is 6.18 Å². The molecule has 0 radical (unpaired) electrons. The summed E-state index contributed by atoms with van der Waals surface area (Å²) < 4.78 is 44.1. The smallest absolute Gasteiger partial charge is 0.418 e. The van der Waals surface area contributed by atoms with Crippen LogP contribution in [0.2, 0.25) is 0 Å². The molecule has 3 atom stereocenters. The standard InChI is InChI=1S/C15H20F3NO/c1-9-3-4-11(7-10(9)2)20-12-5-6-14(19)13(8-12)15(16,17)18/h5-6,8-11H,3-4,7,19H2,1-2H3. The number of halogens is 3. The van der Waals surface area contributed by atoms with Crippen LogP contribution in [-0.2, 0) is 6.18 Å². The minimum atomic E-state index is -4.45. The van der Waals surface area contributed by atoms with Gasteiger partial charge in [-0.05, 0) is 49.3 Å². The molecule has 0 aliphatic heterocycles. The molecule has 1 aliphatic rings. The van der Waals surface area contributed by atoms with E-state index in [0.717, 1.165) is 25.3 Å². The number of nitrogen functional groups attached to an aromatic ring is 1. The second-order valence-corrected chi connectivity index (χ2v) is 5.75. The minimum absolute atomic E-state index is 0.00842. The summed E-state index contributed by atoms with van der Waals surface area (Å²) in [5, 5.41) is 0. The number of ether oxygens (including phenoxy) is 1. The molecule has 0 heterocycles. The highest BCUT2D eigenvalue weighted by atomic mass is 19.4. The summed E-state index contributed by atoms with van der Waals surface area (Å²) in [5.41, 5.74) is 4.28. The van der Waals surface area contributed by atoms with Gasteiger partial charge in [0.1, 0.15) is 5.75 Å². The van der Waals surface area contributed by atoms with Gasteiger partial charge in [-0.15, -0.1) is 0 Å². The summed E-state index contributed by atoms with van der Waals surface area (Å²) in [7, 11) is 0. The van der Waals surface area contributed by atoms with Crippen molar-refractivity contribution in [3.63, 3.8) is 0 Å². The van der Waals surface area contributed by atoms with Gasteiger partial charge in [0.25, 0.3) is 0 Å². The molecule has 1 aliphatic carbocycles. The normalized spacial score (nSPS) is 27.4. The van der Waals surface area contributed by atoms with Crippen LogP contribution in [0.4, 0.5) is 18.9 Å². The zero-order chi connectivity index (χ0) is 14.9. The van der Waals surface area contributed by atoms with Gasteiger partial charge < -0.3 is 10.5 Å². The Balaban J connectivity index is 2.11. The molecular formula is C15H20F3NO. The molecule has 0 aromatic heterocycles. The van der Waals surface area contributed by atoms with Gasteiger partial charge in [-0.25, -0.2) is 0 Å². The maximum absolute atomic E-state index is 12.8. The lowest BCUT2D eigenvalue weighted by Gasteiger charge is -2.32. The van der Waals surface area contributed by atoms with Crippen molar-refractivity contribution >= 4 is 5.69 Å². The fourth-order valence-corrected chi connectivity index (χ4v) is 2.65. The average molecular weight is 287 g/mol. The molecule has 1 fully saturated rings. The van der Waals surface area contributed by atoms with Gasteiger partial charge in [-0.3, -0.25) is 0 Å². The Kier molecular flexibility index (Phi) is 4.16. The number of hydrogen-bond acceptors (Lipinski definition) is 2. The molecule has 3 unspecified atom stereocenters. The first kappa shape index (κ1) is 15.0. The maximum atomic E-state index is 12.8. The van der Waals surface area contributed by atoms with Crippen LogP contribution in [0.15, 0.2) is 18.2 Å². The van der Waals surface area contributed by atoms with Crippen molar-refractivity contribution in [2.24, 2.45) is 11.8 Å². The molecule has 2 rings (SSSR count). The molecule has 2 nitrogen and oxygen atoms in total. The third-order valence-electron chi connectivity index (χ3n) is 4.18. The lowest BCUT2D eigenvalue weighted by molar-refractivity contribution is -0.137. The summed E-state index contributed by atoms with van der Waals surface area (Å²) in [6.07, 6.45) is -1.64. The molecule has 5 heteroatoms. The highest BCUT2D eigenvalue weighted by Crippen LogP contribution is 2.37. The van der Waals surface area contributed by atoms with Crippen molar-refractivity contribution in [1.82, 2.24) is 0 Å². The molecule has 112 valence electrons. The predicted molar refractivity (Wildman–Crippen MR) is 72.5 cm³/mol. The lowest BCUT2D eigenvalue weighted by atomic mass is 9.80. The van der Waals surface area contributed by atoms with E-state index >= 15 is 0 Å². The van der Waals surface area contributed by atoms with Crippen molar-refractivity contribution in [1.29, 1.82) is 0 Å². The van der Waals surface area contributed by atoms with Crippen LogP contribution in [0, 0.1) is 11.8 Å². The van der Waals surface area contributed by atoms with Crippen molar-refractivity contribution < 1.29 is 17.9 Å². The fourth-order valence-electron chi connectivity index (χ4n) is 2.65. The molecule has 1 aromatic rings.